The van der Waals surface area contributed by atoms with Crippen molar-refractivity contribution in [2.45, 2.75) is 33.7 Å². The van der Waals surface area contributed by atoms with Crippen molar-refractivity contribution in [2.24, 2.45) is 5.41 Å². The van der Waals surface area contributed by atoms with E-state index in [1.165, 1.54) is 6.20 Å². The molecule has 1 unspecified atom stereocenters. The first-order valence-corrected chi connectivity index (χ1v) is 5.70. The predicted molar refractivity (Wildman–Crippen MR) is 68.1 cm³/mol. The molecule has 94 valence electrons. The van der Waals surface area contributed by atoms with Gasteiger partial charge in [-0.2, -0.15) is 0 Å². The van der Waals surface area contributed by atoms with Crippen LogP contribution in [0.4, 0.5) is 0 Å². The van der Waals surface area contributed by atoms with Gasteiger partial charge in [0.15, 0.2) is 0 Å². The van der Waals surface area contributed by atoms with Crippen LogP contribution in [0.15, 0.2) is 23.1 Å². The summed E-state index contributed by atoms with van der Waals surface area (Å²) >= 11 is 0. The molecule has 0 aliphatic rings. The fourth-order valence-electron chi connectivity index (χ4n) is 1.54. The van der Waals surface area contributed by atoms with E-state index in [1.54, 1.807) is 24.1 Å². The molecule has 4 nitrogen and oxygen atoms in total. The van der Waals surface area contributed by atoms with Gasteiger partial charge in [-0.05, 0) is 24.5 Å². The Kier molecular flexibility index (Phi) is 3.76. The van der Waals surface area contributed by atoms with Gasteiger partial charge in [0.05, 0.1) is 0 Å². The standard InChI is InChI=1S/C13H20N2O2/c1-9(13(2,3)4)15(5)12(17)10-7-6-8-14-11(10)16/h6-9H,1-5H3,(H,14,16). The molecule has 0 aliphatic heterocycles. The minimum Gasteiger partial charge on any atom is -0.338 e. The van der Waals surface area contributed by atoms with Gasteiger partial charge in [-0.15, -0.1) is 0 Å². The third kappa shape index (κ3) is 2.96. The largest absolute Gasteiger partial charge is 0.338 e. The molecule has 0 bridgehead atoms. The van der Waals surface area contributed by atoms with Crippen LogP contribution in [-0.4, -0.2) is 28.9 Å². The molecule has 1 heterocycles. The molecule has 1 amide bonds. The predicted octanol–water partition coefficient (Wildman–Crippen LogP) is 1.88. The Morgan fingerprint density at radius 3 is 2.47 bits per heavy atom. The highest BCUT2D eigenvalue weighted by molar-refractivity contribution is 5.93. The first-order chi connectivity index (χ1) is 7.75. The summed E-state index contributed by atoms with van der Waals surface area (Å²) in [4.78, 5) is 27.8. The van der Waals surface area contributed by atoms with Crippen LogP contribution in [0.3, 0.4) is 0 Å². The lowest BCUT2D eigenvalue weighted by molar-refractivity contribution is 0.0627. The van der Waals surface area contributed by atoms with Crippen LogP contribution in [-0.2, 0) is 0 Å². The normalized spacial score (nSPS) is 13.2. The van der Waals surface area contributed by atoms with Crippen molar-refractivity contribution in [3.05, 3.63) is 34.2 Å². The summed E-state index contributed by atoms with van der Waals surface area (Å²) in [5, 5.41) is 0. The number of rotatable bonds is 2. The van der Waals surface area contributed by atoms with Crippen LogP contribution in [0, 0.1) is 5.41 Å². The molecule has 0 aliphatic carbocycles. The van der Waals surface area contributed by atoms with E-state index in [2.05, 4.69) is 25.8 Å². The van der Waals surface area contributed by atoms with E-state index >= 15 is 0 Å². The summed E-state index contributed by atoms with van der Waals surface area (Å²) in [6, 6.07) is 3.26. The molecule has 1 aromatic heterocycles. The molecule has 1 aromatic rings. The molecule has 1 rings (SSSR count). The SMILES string of the molecule is CC(N(C)C(=O)c1ccc[nH]c1=O)C(C)(C)C. The third-order valence-corrected chi connectivity index (χ3v) is 3.20. The van der Waals surface area contributed by atoms with Gasteiger partial charge < -0.3 is 9.88 Å². The van der Waals surface area contributed by atoms with Gasteiger partial charge in [-0.1, -0.05) is 20.8 Å². The molecule has 17 heavy (non-hydrogen) atoms. The van der Waals surface area contributed by atoms with Gasteiger partial charge in [0, 0.05) is 19.3 Å². The lowest BCUT2D eigenvalue weighted by atomic mass is 9.87. The Morgan fingerprint density at radius 1 is 1.41 bits per heavy atom. The van der Waals surface area contributed by atoms with E-state index in [9.17, 15) is 9.59 Å². The van der Waals surface area contributed by atoms with E-state index in [-0.39, 0.29) is 28.5 Å². The van der Waals surface area contributed by atoms with Crippen molar-refractivity contribution in [3.8, 4) is 0 Å². The zero-order chi connectivity index (χ0) is 13.2. The summed E-state index contributed by atoms with van der Waals surface area (Å²) in [5.74, 6) is -0.241. The average Bonchev–Trinajstić information content (AvgIpc) is 2.25. The molecule has 0 fully saturated rings. The molecular formula is C13H20N2O2. The number of nitrogens with one attached hydrogen (secondary N) is 1. The minimum absolute atomic E-state index is 0.0219. The van der Waals surface area contributed by atoms with Gasteiger partial charge in [0.1, 0.15) is 5.56 Å². The maximum atomic E-state index is 12.2. The van der Waals surface area contributed by atoms with Gasteiger partial charge in [0.2, 0.25) is 0 Å². The number of nitrogens with zero attached hydrogens (tertiary/aromatic N) is 1. The molecular weight excluding hydrogens is 216 g/mol. The summed E-state index contributed by atoms with van der Waals surface area (Å²) in [6.07, 6.45) is 1.52. The number of carbonyl (C=O) groups excluding carboxylic acids is 1. The van der Waals surface area contributed by atoms with Crippen LogP contribution < -0.4 is 5.56 Å². The molecule has 0 radical (unpaired) electrons. The fourth-order valence-corrected chi connectivity index (χ4v) is 1.54. The molecule has 1 N–H and O–H groups in total. The van der Waals surface area contributed by atoms with Crippen LogP contribution in [0.2, 0.25) is 0 Å². The molecule has 0 spiro atoms. The zero-order valence-electron chi connectivity index (χ0n) is 11.1. The fraction of sp³-hybridized carbons (Fsp3) is 0.538. The highest BCUT2D eigenvalue weighted by Gasteiger charge is 2.28. The number of H-pyrrole nitrogens is 1. The first-order valence-electron chi connectivity index (χ1n) is 5.70. The van der Waals surface area contributed by atoms with Crippen molar-refractivity contribution in [3.63, 3.8) is 0 Å². The topological polar surface area (TPSA) is 53.2 Å². The number of aromatic amines is 1. The van der Waals surface area contributed by atoms with Crippen LogP contribution in [0.5, 0.6) is 0 Å². The second-order valence-electron chi connectivity index (χ2n) is 5.37. The lowest BCUT2D eigenvalue weighted by Gasteiger charge is -2.35. The van der Waals surface area contributed by atoms with E-state index in [1.807, 2.05) is 6.92 Å². The van der Waals surface area contributed by atoms with Crippen LogP contribution >= 0.6 is 0 Å². The van der Waals surface area contributed by atoms with Gasteiger partial charge in [0.25, 0.3) is 11.5 Å². The number of amides is 1. The summed E-state index contributed by atoms with van der Waals surface area (Å²) < 4.78 is 0. The molecule has 0 saturated carbocycles. The maximum absolute atomic E-state index is 12.2. The second kappa shape index (κ2) is 4.73. The van der Waals surface area contributed by atoms with E-state index in [0.717, 1.165) is 0 Å². The minimum atomic E-state index is -0.342. The highest BCUT2D eigenvalue weighted by Crippen LogP contribution is 2.23. The van der Waals surface area contributed by atoms with E-state index in [0.29, 0.717) is 0 Å². The van der Waals surface area contributed by atoms with Crippen molar-refractivity contribution >= 4 is 5.91 Å². The Morgan fingerprint density at radius 2 is 2.00 bits per heavy atom. The van der Waals surface area contributed by atoms with Crippen molar-refractivity contribution < 1.29 is 4.79 Å². The Labute approximate surface area is 102 Å². The maximum Gasteiger partial charge on any atom is 0.260 e. The van der Waals surface area contributed by atoms with Gasteiger partial charge in [-0.25, -0.2) is 0 Å². The van der Waals surface area contributed by atoms with Crippen molar-refractivity contribution in [2.75, 3.05) is 7.05 Å². The number of carbonyl (C=O) groups is 1. The lowest BCUT2D eigenvalue weighted by Crippen LogP contribution is -2.44. The van der Waals surface area contributed by atoms with Gasteiger partial charge in [-0.3, -0.25) is 9.59 Å². The summed E-state index contributed by atoms with van der Waals surface area (Å²) in [5.41, 5.74) is -0.178. The average molecular weight is 236 g/mol. The zero-order valence-corrected chi connectivity index (χ0v) is 11.1. The molecule has 1 atom stereocenters. The number of aromatic nitrogens is 1. The van der Waals surface area contributed by atoms with Crippen molar-refractivity contribution in [1.29, 1.82) is 0 Å². The Bertz CT molecular complexity index is 457. The number of pyridine rings is 1. The Hall–Kier alpha value is -1.58. The number of hydrogen-bond donors (Lipinski definition) is 1. The van der Waals surface area contributed by atoms with Crippen molar-refractivity contribution in [1.82, 2.24) is 9.88 Å². The number of hydrogen-bond acceptors (Lipinski definition) is 2. The molecule has 0 saturated heterocycles. The quantitative estimate of drug-likeness (QED) is 0.852. The van der Waals surface area contributed by atoms with E-state index < -0.39 is 0 Å². The first kappa shape index (κ1) is 13.5. The molecule has 0 aromatic carbocycles. The van der Waals surface area contributed by atoms with Gasteiger partial charge >= 0.3 is 0 Å². The second-order valence-corrected chi connectivity index (χ2v) is 5.37. The van der Waals surface area contributed by atoms with E-state index in [4.69, 9.17) is 0 Å². The molecule has 4 heteroatoms. The summed E-state index contributed by atoms with van der Waals surface area (Å²) in [7, 11) is 1.73. The van der Waals surface area contributed by atoms with Crippen LogP contribution in [0.1, 0.15) is 38.1 Å². The monoisotopic (exact) mass is 236 g/mol. The third-order valence-electron chi connectivity index (χ3n) is 3.20. The smallest absolute Gasteiger partial charge is 0.260 e. The highest BCUT2D eigenvalue weighted by atomic mass is 16.2. The van der Waals surface area contributed by atoms with Crippen LogP contribution in [0.25, 0.3) is 0 Å². The Balaban J connectivity index is 3.00. The summed E-state index contributed by atoms with van der Waals surface area (Å²) in [6.45, 7) is 8.18.